The topological polar surface area (TPSA) is 88.5 Å². The summed E-state index contributed by atoms with van der Waals surface area (Å²) in [7, 11) is 1.70. The summed E-state index contributed by atoms with van der Waals surface area (Å²) in [5.41, 5.74) is 1.66. The number of anilines is 1. The summed E-state index contributed by atoms with van der Waals surface area (Å²) in [6.07, 6.45) is 2.32. The smallest absolute Gasteiger partial charge is 0.275 e. The van der Waals surface area contributed by atoms with Crippen molar-refractivity contribution in [3.63, 3.8) is 0 Å². The second-order valence-corrected chi connectivity index (χ2v) is 4.32. The zero-order valence-corrected chi connectivity index (χ0v) is 11.7. The highest BCUT2D eigenvalue weighted by Gasteiger charge is 2.17. The van der Waals surface area contributed by atoms with Gasteiger partial charge in [-0.15, -0.1) is 0 Å². The zero-order valence-electron chi connectivity index (χ0n) is 11.7. The van der Waals surface area contributed by atoms with E-state index < -0.39 is 0 Å². The van der Waals surface area contributed by atoms with Gasteiger partial charge in [0.2, 0.25) is 0 Å². The highest BCUT2D eigenvalue weighted by Crippen LogP contribution is 2.13. The van der Waals surface area contributed by atoms with Crippen LogP contribution in [0.2, 0.25) is 0 Å². The predicted octanol–water partition coefficient (Wildman–Crippen LogP) is 1.32. The SMILES string of the molecule is CCc1cc(C(=O)Nc2nn(C)cc2C#N)n(CC)n1. The van der Waals surface area contributed by atoms with Crippen LogP contribution in [0.4, 0.5) is 5.82 Å². The van der Waals surface area contributed by atoms with Crippen LogP contribution < -0.4 is 5.32 Å². The standard InChI is InChI=1S/C13H16N6O/c1-4-10-6-11(19(5-2)16-10)13(20)15-12-9(7-14)8-18(3)17-12/h6,8H,4-5H2,1-3H3,(H,15,17,20). The van der Waals surface area contributed by atoms with Crippen molar-refractivity contribution in [3.05, 3.63) is 29.2 Å². The van der Waals surface area contributed by atoms with Crippen molar-refractivity contribution < 1.29 is 4.79 Å². The van der Waals surface area contributed by atoms with Crippen LogP contribution in [-0.2, 0) is 20.0 Å². The molecule has 7 heteroatoms. The van der Waals surface area contributed by atoms with Crippen molar-refractivity contribution >= 4 is 11.7 Å². The minimum absolute atomic E-state index is 0.266. The first kappa shape index (κ1) is 13.8. The van der Waals surface area contributed by atoms with Crippen molar-refractivity contribution in [1.82, 2.24) is 19.6 Å². The van der Waals surface area contributed by atoms with Gasteiger partial charge in [-0.2, -0.15) is 15.5 Å². The number of nitrogens with one attached hydrogen (secondary N) is 1. The molecule has 2 aromatic heterocycles. The Morgan fingerprint density at radius 2 is 2.20 bits per heavy atom. The fraction of sp³-hybridized carbons (Fsp3) is 0.385. The van der Waals surface area contributed by atoms with Crippen LogP contribution in [0.1, 0.15) is 35.6 Å². The van der Waals surface area contributed by atoms with Gasteiger partial charge in [0.15, 0.2) is 5.82 Å². The van der Waals surface area contributed by atoms with E-state index in [0.29, 0.717) is 17.8 Å². The molecule has 20 heavy (non-hydrogen) atoms. The molecule has 2 heterocycles. The van der Waals surface area contributed by atoms with Crippen LogP contribution in [0.5, 0.6) is 0 Å². The maximum Gasteiger partial charge on any atom is 0.275 e. The molecule has 2 rings (SSSR count). The second-order valence-electron chi connectivity index (χ2n) is 4.32. The van der Waals surface area contributed by atoms with Gasteiger partial charge in [0.05, 0.1) is 5.69 Å². The van der Waals surface area contributed by atoms with Gasteiger partial charge in [0, 0.05) is 19.8 Å². The first-order valence-corrected chi connectivity index (χ1v) is 6.40. The van der Waals surface area contributed by atoms with Crippen molar-refractivity contribution in [2.75, 3.05) is 5.32 Å². The molecule has 0 saturated carbocycles. The van der Waals surface area contributed by atoms with E-state index in [0.717, 1.165) is 12.1 Å². The molecule has 0 radical (unpaired) electrons. The number of amides is 1. The van der Waals surface area contributed by atoms with Crippen LogP contribution in [-0.4, -0.2) is 25.5 Å². The Balaban J connectivity index is 2.28. The van der Waals surface area contributed by atoms with Crippen LogP contribution in [0.25, 0.3) is 0 Å². The lowest BCUT2D eigenvalue weighted by Gasteiger charge is -2.04. The third-order valence-corrected chi connectivity index (χ3v) is 2.91. The van der Waals surface area contributed by atoms with Gasteiger partial charge < -0.3 is 5.32 Å². The molecule has 0 aliphatic heterocycles. The molecule has 0 fully saturated rings. The highest BCUT2D eigenvalue weighted by molar-refractivity contribution is 6.03. The number of aryl methyl sites for hydroxylation is 3. The van der Waals surface area contributed by atoms with E-state index in [1.807, 2.05) is 19.9 Å². The van der Waals surface area contributed by atoms with E-state index in [4.69, 9.17) is 5.26 Å². The number of nitrogens with zero attached hydrogens (tertiary/aromatic N) is 5. The number of rotatable bonds is 4. The largest absolute Gasteiger partial charge is 0.303 e. The summed E-state index contributed by atoms with van der Waals surface area (Å²) in [6.45, 7) is 4.51. The molecule has 0 aliphatic carbocycles. The summed E-state index contributed by atoms with van der Waals surface area (Å²) in [5.74, 6) is -0.0452. The van der Waals surface area contributed by atoms with Crippen LogP contribution in [0, 0.1) is 11.3 Å². The Hall–Kier alpha value is -2.62. The molecule has 0 aliphatic rings. The normalized spacial score (nSPS) is 10.3. The first-order valence-electron chi connectivity index (χ1n) is 6.40. The van der Waals surface area contributed by atoms with Crippen LogP contribution >= 0.6 is 0 Å². The molecular formula is C13H16N6O. The summed E-state index contributed by atoms with van der Waals surface area (Å²) in [5, 5.41) is 20.0. The fourth-order valence-corrected chi connectivity index (χ4v) is 1.90. The number of nitriles is 1. The summed E-state index contributed by atoms with van der Waals surface area (Å²) in [4.78, 5) is 12.3. The maximum atomic E-state index is 12.3. The molecule has 0 atom stereocenters. The van der Waals surface area contributed by atoms with Gasteiger partial charge in [-0.3, -0.25) is 14.2 Å². The van der Waals surface area contributed by atoms with E-state index in [-0.39, 0.29) is 11.7 Å². The number of carbonyl (C=O) groups is 1. The molecule has 0 bridgehead atoms. The van der Waals surface area contributed by atoms with E-state index >= 15 is 0 Å². The van der Waals surface area contributed by atoms with Crippen molar-refractivity contribution in [2.45, 2.75) is 26.8 Å². The molecule has 0 unspecified atom stereocenters. The monoisotopic (exact) mass is 272 g/mol. The summed E-state index contributed by atoms with van der Waals surface area (Å²) >= 11 is 0. The highest BCUT2D eigenvalue weighted by atomic mass is 16.2. The number of hydrogen-bond donors (Lipinski definition) is 1. The van der Waals surface area contributed by atoms with E-state index in [9.17, 15) is 4.79 Å². The van der Waals surface area contributed by atoms with E-state index in [1.54, 1.807) is 24.0 Å². The zero-order chi connectivity index (χ0) is 14.7. The van der Waals surface area contributed by atoms with E-state index in [2.05, 4.69) is 15.5 Å². The maximum absolute atomic E-state index is 12.3. The van der Waals surface area contributed by atoms with Crippen molar-refractivity contribution in [2.24, 2.45) is 7.05 Å². The molecule has 0 aromatic carbocycles. The van der Waals surface area contributed by atoms with Gasteiger partial charge in [-0.1, -0.05) is 6.92 Å². The molecule has 7 nitrogen and oxygen atoms in total. The predicted molar refractivity (Wildman–Crippen MR) is 73.2 cm³/mol. The molecule has 1 amide bonds. The third-order valence-electron chi connectivity index (χ3n) is 2.91. The Morgan fingerprint density at radius 3 is 2.80 bits per heavy atom. The number of hydrogen-bond acceptors (Lipinski definition) is 4. The quantitative estimate of drug-likeness (QED) is 0.909. The minimum atomic E-state index is -0.311. The summed E-state index contributed by atoms with van der Waals surface area (Å²) in [6, 6.07) is 3.76. The molecule has 2 aromatic rings. The Bertz CT molecular complexity index is 676. The summed E-state index contributed by atoms with van der Waals surface area (Å²) < 4.78 is 3.13. The third kappa shape index (κ3) is 2.54. The second kappa shape index (κ2) is 5.57. The molecule has 104 valence electrons. The van der Waals surface area contributed by atoms with Gasteiger partial charge >= 0.3 is 0 Å². The van der Waals surface area contributed by atoms with Gasteiger partial charge in [0.25, 0.3) is 5.91 Å². The minimum Gasteiger partial charge on any atom is -0.303 e. The van der Waals surface area contributed by atoms with E-state index in [1.165, 1.54) is 4.68 Å². The molecule has 0 spiro atoms. The molecular weight excluding hydrogens is 256 g/mol. The van der Waals surface area contributed by atoms with Gasteiger partial charge in [0.1, 0.15) is 17.3 Å². The first-order chi connectivity index (χ1) is 9.58. The lowest BCUT2D eigenvalue weighted by atomic mass is 10.3. The Labute approximate surface area is 116 Å². The van der Waals surface area contributed by atoms with Crippen molar-refractivity contribution in [1.29, 1.82) is 5.26 Å². The average Bonchev–Trinajstić information content (AvgIpc) is 3.01. The van der Waals surface area contributed by atoms with Gasteiger partial charge in [-0.05, 0) is 19.4 Å². The number of aromatic nitrogens is 4. The molecule has 1 N–H and O–H groups in total. The van der Waals surface area contributed by atoms with Crippen molar-refractivity contribution in [3.8, 4) is 6.07 Å². The fourth-order valence-electron chi connectivity index (χ4n) is 1.90. The molecule has 0 saturated heterocycles. The average molecular weight is 272 g/mol. The van der Waals surface area contributed by atoms with Crippen LogP contribution in [0.15, 0.2) is 12.3 Å². The van der Waals surface area contributed by atoms with Crippen LogP contribution in [0.3, 0.4) is 0 Å². The number of carbonyl (C=O) groups excluding carboxylic acids is 1. The van der Waals surface area contributed by atoms with Gasteiger partial charge in [-0.25, -0.2) is 0 Å². The Kier molecular flexibility index (Phi) is 3.84. The Morgan fingerprint density at radius 1 is 1.45 bits per heavy atom. The lowest BCUT2D eigenvalue weighted by Crippen LogP contribution is -2.18. The lowest BCUT2D eigenvalue weighted by molar-refractivity contribution is 0.101.